The lowest BCUT2D eigenvalue weighted by molar-refractivity contribution is -0.0396. The summed E-state index contributed by atoms with van der Waals surface area (Å²) in [6, 6.07) is 13.9. The number of phenols is 1. The maximum atomic E-state index is 10.9. The van der Waals surface area contributed by atoms with Crippen molar-refractivity contribution in [2.45, 2.75) is 89.4 Å². The Balaban J connectivity index is 1.01. The number of aliphatic hydroxyl groups excluding tert-OH is 1. The zero-order chi connectivity index (χ0) is 27.3. The molecule has 7 heteroatoms. The Morgan fingerprint density at radius 1 is 1.07 bits per heavy atom. The molecular weight excluding hydrogens is 502 g/mol. The molecule has 7 nitrogen and oxygen atoms in total. The number of unbranched alkanes of at least 4 members (excludes halogenated alkanes) is 1. The van der Waals surface area contributed by atoms with E-state index in [2.05, 4.69) is 23.3 Å². The van der Waals surface area contributed by atoms with Crippen molar-refractivity contribution in [3.05, 3.63) is 65.5 Å². The second kappa shape index (κ2) is 10.4. The van der Waals surface area contributed by atoms with Crippen LogP contribution in [0, 0.1) is 23.2 Å². The van der Waals surface area contributed by atoms with Crippen LogP contribution in [-0.4, -0.2) is 44.0 Å². The molecule has 4 aliphatic rings. The lowest BCUT2D eigenvalue weighted by atomic mass is 9.52. The summed E-state index contributed by atoms with van der Waals surface area (Å²) >= 11 is 0. The minimum Gasteiger partial charge on any atom is -0.508 e. The number of aromatic hydroxyl groups is 1. The van der Waals surface area contributed by atoms with Gasteiger partial charge in [-0.1, -0.05) is 36.8 Å². The van der Waals surface area contributed by atoms with Crippen molar-refractivity contribution >= 4 is 0 Å². The zero-order valence-corrected chi connectivity index (χ0v) is 23.4. The minimum atomic E-state index is -0.167. The second-order valence-electron chi connectivity index (χ2n) is 12.9. The van der Waals surface area contributed by atoms with Crippen LogP contribution in [0.25, 0.3) is 0 Å². The molecular formula is C33H41N3O4. The molecule has 2 heterocycles. The van der Waals surface area contributed by atoms with Crippen molar-refractivity contribution in [3.8, 4) is 17.2 Å². The van der Waals surface area contributed by atoms with Gasteiger partial charge < -0.3 is 19.7 Å². The average molecular weight is 544 g/mol. The summed E-state index contributed by atoms with van der Waals surface area (Å²) in [6.45, 7) is 3.48. The van der Waals surface area contributed by atoms with Crippen LogP contribution in [0.5, 0.6) is 17.2 Å². The number of hydrogen-bond acceptors (Lipinski definition) is 6. The molecule has 1 aromatic heterocycles. The summed E-state index contributed by atoms with van der Waals surface area (Å²) in [5.41, 5.74) is 3.99. The molecule has 40 heavy (non-hydrogen) atoms. The molecule has 2 fully saturated rings. The number of benzene rings is 2. The first-order valence-corrected chi connectivity index (χ1v) is 15.3. The Morgan fingerprint density at radius 3 is 2.85 bits per heavy atom. The molecule has 0 spiro atoms. The number of hydrogen-bond donors (Lipinski definition) is 2. The predicted molar refractivity (Wildman–Crippen MR) is 152 cm³/mol. The van der Waals surface area contributed by atoms with Crippen LogP contribution in [-0.2, 0) is 19.4 Å². The standard InChI is InChI=1S/C33H41N3O4/c1-33-15-14-27-26-11-10-24(37)17-22(26)16-21(32(27)28(33)12-13-31(33)38)6-2-3-7-23-18-34-35-36(23)19-25-20-39-29-8-4-5-9-30(29)40-25/h4-5,8-11,17-18,21,25,27-28,31-32,37-38H,2-3,6-7,12-16,19-20H2,1H3/t21-,25?,27?,28?,31+,32?,33+/m1/s1. The first kappa shape index (κ1) is 25.9. The van der Waals surface area contributed by atoms with Gasteiger partial charge in [-0.25, -0.2) is 4.68 Å². The van der Waals surface area contributed by atoms with Gasteiger partial charge in [-0.05, 0) is 116 Å². The average Bonchev–Trinajstić information content (AvgIpc) is 3.53. The van der Waals surface area contributed by atoms with Gasteiger partial charge in [0.25, 0.3) is 0 Å². The van der Waals surface area contributed by atoms with Crippen molar-refractivity contribution < 1.29 is 19.7 Å². The number of aromatic nitrogens is 3. The molecule has 4 unspecified atom stereocenters. The molecule has 2 N–H and O–H groups in total. The Kier molecular flexibility index (Phi) is 6.73. The smallest absolute Gasteiger partial charge is 0.161 e. The van der Waals surface area contributed by atoms with Crippen molar-refractivity contribution in [3.63, 3.8) is 0 Å². The first-order chi connectivity index (χ1) is 19.5. The maximum Gasteiger partial charge on any atom is 0.161 e. The van der Waals surface area contributed by atoms with E-state index in [-0.39, 0.29) is 17.6 Å². The molecule has 7 rings (SSSR count). The lowest BCUT2D eigenvalue weighted by Crippen LogP contribution is -2.47. The molecule has 1 aliphatic heterocycles. The van der Waals surface area contributed by atoms with Crippen LogP contribution in [0.2, 0.25) is 0 Å². The number of phenolic OH excluding ortho intramolecular Hbond substituents is 1. The van der Waals surface area contributed by atoms with Gasteiger partial charge in [0.05, 0.1) is 24.5 Å². The fraction of sp³-hybridized carbons (Fsp3) is 0.576. The monoisotopic (exact) mass is 543 g/mol. The molecule has 212 valence electrons. The van der Waals surface area contributed by atoms with E-state index in [0.717, 1.165) is 68.6 Å². The fourth-order valence-electron chi connectivity index (χ4n) is 8.72. The van der Waals surface area contributed by atoms with Crippen molar-refractivity contribution in [2.75, 3.05) is 6.61 Å². The topological polar surface area (TPSA) is 89.6 Å². The molecule has 0 saturated heterocycles. The van der Waals surface area contributed by atoms with Crippen molar-refractivity contribution in [1.82, 2.24) is 15.0 Å². The van der Waals surface area contributed by atoms with Crippen LogP contribution in [0.15, 0.2) is 48.7 Å². The molecule has 3 aliphatic carbocycles. The molecule has 0 bridgehead atoms. The summed E-state index contributed by atoms with van der Waals surface area (Å²) in [7, 11) is 0. The van der Waals surface area contributed by atoms with Gasteiger partial charge >= 0.3 is 0 Å². The summed E-state index contributed by atoms with van der Waals surface area (Å²) in [6.07, 6.45) is 11.4. The molecule has 0 radical (unpaired) electrons. The number of aryl methyl sites for hydroxylation is 1. The number of rotatable bonds is 7. The van der Waals surface area contributed by atoms with E-state index in [1.54, 1.807) is 0 Å². The van der Waals surface area contributed by atoms with Gasteiger partial charge in [-0.15, -0.1) is 5.10 Å². The Bertz CT molecular complexity index is 1360. The third-order valence-corrected chi connectivity index (χ3v) is 10.7. The zero-order valence-electron chi connectivity index (χ0n) is 23.4. The summed E-state index contributed by atoms with van der Waals surface area (Å²) < 4.78 is 14.0. The van der Waals surface area contributed by atoms with Crippen molar-refractivity contribution in [1.29, 1.82) is 0 Å². The van der Waals surface area contributed by atoms with Gasteiger partial charge in [0.1, 0.15) is 12.4 Å². The van der Waals surface area contributed by atoms with E-state index in [9.17, 15) is 10.2 Å². The van der Waals surface area contributed by atoms with E-state index in [1.165, 1.54) is 17.5 Å². The Labute approximate surface area is 236 Å². The minimum absolute atomic E-state index is 0.0530. The summed E-state index contributed by atoms with van der Waals surface area (Å²) in [4.78, 5) is 0. The predicted octanol–water partition coefficient (Wildman–Crippen LogP) is 5.68. The fourth-order valence-corrected chi connectivity index (χ4v) is 8.72. The lowest BCUT2D eigenvalue weighted by Gasteiger charge is -2.53. The Morgan fingerprint density at radius 2 is 1.95 bits per heavy atom. The van der Waals surface area contributed by atoms with Gasteiger partial charge in [0.2, 0.25) is 0 Å². The van der Waals surface area contributed by atoms with E-state index in [4.69, 9.17) is 9.47 Å². The molecule has 2 aromatic carbocycles. The first-order valence-electron chi connectivity index (χ1n) is 15.3. The van der Waals surface area contributed by atoms with E-state index < -0.39 is 0 Å². The van der Waals surface area contributed by atoms with Gasteiger partial charge in [0, 0.05) is 0 Å². The van der Waals surface area contributed by atoms with Crippen LogP contribution in [0.4, 0.5) is 0 Å². The van der Waals surface area contributed by atoms with Crippen LogP contribution >= 0.6 is 0 Å². The van der Waals surface area contributed by atoms with Crippen molar-refractivity contribution in [2.24, 2.45) is 23.2 Å². The SMILES string of the molecule is C[C@]12CCC3c4ccc(O)cc4C[C@@H](CCCCc4cnnn4CC4COc5ccccc5O4)C3C1CC[C@@H]2O. The van der Waals surface area contributed by atoms with E-state index >= 15 is 0 Å². The third-order valence-electron chi connectivity index (χ3n) is 10.7. The highest BCUT2D eigenvalue weighted by atomic mass is 16.6. The van der Waals surface area contributed by atoms with Crippen LogP contribution in [0.3, 0.4) is 0 Å². The number of nitrogens with zero attached hydrogens (tertiary/aromatic N) is 3. The number of ether oxygens (including phenoxy) is 2. The number of aliphatic hydroxyl groups is 1. The summed E-state index contributed by atoms with van der Waals surface area (Å²) in [5, 5.41) is 29.7. The molecule has 0 amide bonds. The molecule has 2 saturated carbocycles. The number of para-hydroxylation sites is 2. The Hall–Kier alpha value is -3.06. The quantitative estimate of drug-likeness (QED) is 0.373. The van der Waals surface area contributed by atoms with Crippen LogP contribution < -0.4 is 9.47 Å². The van der Waals surface area contributed by atoms with Gasteiger partial charge in [-0.2, -0.15) is 0 Å². The number of fused-ring (bicyclic) bond motifs is 6. The third kappa shape index (κ3) is 4.56. The highest BCUT2D eigenvalue weighted by molar-refractivity contribution is 5.41. The van der Waals surface area contributed by atoms with E-state index in [1.807, 2.05) is 47.3 Å². The molecule has 3 aromatic rings. The van der Waals surface area contributed by atoms with Crippen LogP contribution in [0.1, 0.15) is 74.6 Å². The normalized spacial score (nSPS) is 32.2. The van der Waals surface area contributed by atoms with Gasteiger partial charge in [0.15, 0.2) is 17.6 Å². The largest absolute Gasteiger partial charge is 0.508 e. The van der Waals surface area contributed by atoms with Gasteiger partial charge in [-0.3, -0.25) is 0 Å². The molecule has 7 atom stereocenters. The summed E-state index contributed by atoms with van der Waals surface area (Å²) in [5.74, 6) is 4.30. The second-order valence-corrected chi connectivity index (χ2v) is 12.9. The highest BCUT2D eigenvalue weighted by Gasteiger charge is 2.56. The maximum absolute atomic E-state index is 10.9. The van der Waals surface area contributed by atoms with E-state index in [0.29, 0.717) is 42.6 Å². The highest BCUT2D eigenvalue weighted by Crippen LogP contribution is 2.62.